The average Bonchev–Trinajstić information content (AvgIpc) is 3.13. The number of thiazole rings is 1. The average molecular weight is 278 g/mol. The third kappa shape index (κ3) is 2.42. The molecule has 4 heteroatoms. The minimum absolute atomic E-state index is 0.0784. The van der Waals surface area contributed by atoms with E-state index in [1.165, 1.54) is 37.0 Å². The van der Waals surface area contributed by atoms with Gasteiger partial charge >= 0.3 is 0 Å². The van der Waals surface area contributed by atoms with Crippen molar-refractivity contribution >= 4 is 17.2 Å². The summed E-state index contributed by atoms with van der Waals surface area (Å²) in [6.45, 7) is 4.22. The van der Waals surface area contributed by atoms with E-state index < -0.39 is 0 Å². The maximum Gasteiger partial charge on any atom is 0.263 e. The van der Waals surface area contributed by atoms with Crippen LogP contribution in [0.1, 0.15) is 54.9 Å². The molecular weight excluding hydrogens is 256 g/mol. The van der Waals surface area contributed by atoms with Crippen LogP contribution in [0.25, 0.3) is 0 Å². The van der Waals surface area contributed by atoms with Crippen molar-refractivity contribution < 1.29 is 4.79 Å². The number of aromatic nitrogens is 1. The SMILES string of the molecule is CCc1ncsc1C(=O)NC(C)C1CC2CCC1C2. The van der Waals surface area contributed by atoms with Crippen molar-refractivity contribution in [2.75, 3.05) is 0 Å². The number of hydrogen-bond acceptors (Lipinski definition) is 3. The van der Waals surface area contributed by atoms with Gasteiger partial charge in [-0.15, -0.1) is 11.3 Å². The van der Waals surface area contributed by atoms with Crippen LogP contribution >= 0.6 is 11.3 Å². The van der Waals surface area contributed by atoms with Crippen molar-refractivity contribution in [2.45, 2.75) is 52.0 Å². The normalized spacial score (nSPS) is 30.5. The predicted molar refractivity (Wildman–Crippen MR) is 77.4 cm³/mol. The summed E-state index contributed by atoms with van der Waals surface area (Å²) in [5.41, 5.74) is 2.71. The number of hydrogen-bond donors (Lipinski definition) is 1. The molecule has 0 spiro atoms. The lowest BCUT2D eigenvalue weighted by Crippen LogP contribution is -2.40. The van der Waals surface area contributed by atoms with Crippen LogP contribution < -0.4 is 5.32 Å². The summed E-state index contributed by atoms with van der Waals surface area (Å²) in [6, 6.07) is 0.301. The fourth-order valence-electron chi connectivity index (χ4n) is 3.99. The highest BCUT2D eigenvalue weighted by Crippen LogP contribution is 2.49. The van der Waals surface area contributed by atoms with Crippen molar-refractivity contribution in [3.8, 4) is 0 Å². The molecule has 2 aliphatic carbocycles. The molecule has 1 N–H and O–H groups in total. The Hall–Kier alpha value is -0.900. The number of nitrogens with one attached hydrogen (secondary N) is 1. The van der Waals surface area contributed by atoms with Gasteiger partial charge in [-0.25, -0.2) is 4.98 Å². The Bertz CT molecular complexity index is 470. The number of amides is 1. The highest BCUT2D eigenvalue weighted by atomic mass is 32.1. The van der Waals surface area contributed by atoms with Gasteiger partial charge in [0.05, 0.1) is 11.2 Å². The Morgan fingerprint density at radius 1 is 1.53 bits per heavy atom. The van der Waals surface area contributed by atoms with E-state index >= 15 is 0 Å². The van der Waals surface area contributed by atoms with Gasteiger partial charge in [-0.3, -0.25) is 4.79 Å². The van der Waals surface area contributed by atoms with E-state index in [0.717, 1.165) is 28.8 Å². The van der Waals surface area contributed by atoms with Gasteiger partial charge in [0.15, 0.2) is 0 Å². The topological polar surface area (TPSA) is 42.0 Å². The van der Waals surface area contributed by atoms with E-state index in [-0.39, 0.29) is 5.91 Å². The summed E-state index contributed by atoms with van der Waals surface area (Å²) in [7, 11) is 0. The number of nitrogens with zero attached hydrogens (tertiary/aromatic N) is 1. The maximum absolute atomic E-state index is 12.3. The molecule has 2 bridgehead atoms. The van der Waals surface area contributed by atoms with E-state index in [4.69, 9.17) is 0 Å². The zero-order valence-electron chi connectivity index (χ0n) is 11.7. The molecule has 0 saturated heterocycles. The number of carbonyl (C=O) groups excluding carboxylic acids is 1. The van der Waals surface area contributed by atoms with Crippen LogP contribution in [-0.2, 0) is 6.42 Å². The van der Waals surface area contributed by atoms with Crippen LogP contribution in [0.4, 0.5) is 0 Å². The predicted octanol–water partition coefficient (Wildman–Crippen LogP) is 3.26. The lowest BCUT2D eigenvalue weighted by Gasteiger charge is -2.28. The second-order valence-corrected chi connectivity index (χ2v) is 6.94. The van der Waals surface area contributed by atoms with Crippen LogP contribution in [0.2, 0.25) is 0 Å². The Balaban J connectivity index is 1.63. The fourth-order valence-corrected chi connectivity index (χ4v) is 4.78. The Kier molecular flexibility index (Phi) is 3.61. The van der Waals surface area contributed by atoms with E-state index in [2.05, 4.69) is 17.2 Å². The maximum atomic E-state index is 12.3. The molecule has 1 heterocycles. The number of carbonyl (C=O) groups is 1. The first-order chi connectivity index (χ1) is 9.19. The smallest absolute Gasteiger partial charge is 0.263 e. The monoisotopic (exact) mass is 278 g/mol. The molecule has 0 radical (unpaired) electrons. The van der Waals surface area contributed by atoms with Gasteiger partial charge in [-0.2, -0.15) is 0 Å². The molecule has 19 heavy (non-hydrogen) atoms. The molecule has 1 aromatic rings. The van der Waals surface area contributed by atoms with Crippen LogP contribution in [-0.4, -0.2) is 16.9 Å². The number of fused-ring (bicyclic) bond motifs is 2. The molecule has 0 aliphatic heterocycles. The molecule has 2 fully saturated rings. The second-order valence-electron chi connectivity index (χ2n) is 6.08. The minimum Gasteiger partial charge on any atom is -0.349 e. The van der Waals surface area contributed by atoms with Crippen LogP contribution in [0, 0.1) is 17.8 Å². The lowest BCUT2D eigenvalue weighted by molar-refractivity contribution is 0.0918. The Morgan fingerprint density at radius 3 is 3.00 bits per heavy atom. The number of aryl methyl sites for hydroxylation is 1. The highest BCUT2D eigenvalue weighted by Gasteiger charge is 2.42. The first-order valence-electron chi connectivity index (χ1n) is 7.42. The van der Waals surface area contributed by atoms with Crippen molar-refractivity contribution in [1.82, 2.24) is 10.3 Å². The van der Waals surface area contributed by atoms with Gasteiger partial charge < -0.3 is 5.32 Å². The van der Waals surface area contributed by atoms with E-state index in [1.54, 1.807) is 5.51 Å². The molecule has 4 atom stereocenters. The molecule has 3 nitrogen and oxygen atoms in total. The van der Waals surface area contributed by atoms with Crippen molar-refractivity contribution in [2.24, 2.45) is 17.8 Å². The molecule has 4 unspecified atom stereocenters. The molecule has 1 aromatic heterocycles. The van der Waals surface area contributed by atoms with Crippen LogP contribution in [0.3, 0.4) is 0 Å². The highest BCUT2D eigenvalue weighted by molar-refractivity contribution is 7.11. The molecule has 3 rings (SSSR count). The largest absolute Gasteiger partial charge is 0.349 e. The van der Waals surface area contributed by atoms with Crippen LogP contribution in [0.15, 0.2) is 5.51 Å². The molecule has 0 aromatic carbocycles. The third-order valence-corrected chi connectivity index (χ3v) is 5.84. The van der Waals surface area contributed by atoms with Gasteiger partial charge in [0.2, 0.25) is 0 Å². The van der Waals surface area contributed by atoms with E-state index in [1.807, 2.05) is 6.92 Å². The van der Waals surface area contributed by atoms with Gasteiger partial charge in [0.25, 0.3) is 5.91 Å². The molecule has 2 aliphatic rings. The third-order valence-electron chi connectivity index (χ3n) is 4.98. The van der Waals surface area contributed by atoms with Gasteiger partial charge in [0, 0.05) is 6.04 Å². The van der Waals surface area contributed by atoms with E-state index in [9.17, 15) is 4.79 Å². The zero-order chi connectivity index (χ0) is 13.4. The van der Waals surface area contributed by atoms with Crippen molar-refractivity contribution in [3.05, 3.63) is 16.1 Å². The van der Waals surface area contributed by atoms with Gasteiger partial charge in [-0.05, 0) is 50.4 Å². The second kappa shape index (κ2) is 5.23. The Labute approximate surface area is 118 Å². The summed E-state index contributed by atoms with van der Waals surface area (Å²) in [5, 5.41) is 3.22. The summed E-state index contributed by atoms with van der Waals surface area (Å²) < 4.78 is 0. The quantitative estimate of drug-likeness (QED) is 0.918. The Morgan fingerprint density at radius 2 is 2.37 bits per heavy atom. The number of rotatable bonds is 4. The molecule has 104 valence electrons. The molecular formula is C15H22N2OS. The lowest BCUT2D eigenvalue weighted by atomic mass is 9.84. The first kappa shape index (κ1) is 13.1. The van der Waals surface area contributed by atoms with Crippen molar-refractivity contribution in [1.29, 1.82) is 0 Å². The summed E-state index contributed by atoms with van der Waals surface area (Å²) in [5.74, 6) is 2.56. The van der Waals surface area contributed by atoms with E-state index in [0.29, 0.717) is 12.0 Å². The summed E-state index contributed by atoms with van der Waals surface area (Å²) in [4.78, 5) is 17.4. The molecule has 1 amide bonds. The van der Waals surface area contributed by atoms with Gasteiger partial charge in [-0.1, -0.05) is 13.3 Å². The van der Waals surface area contributed by atoms with Crippen molar-refractivity contribution in [3.63, 3.8) is 0 Å². The summed E-state index contributed by atoms with van der Waals surface area (Å²) >= 11 is 1.46. The minimum atomic E-state index is 0.0784. The fraction of sp³-hybridized carbons (Fsp3) is 0.733. The molecule has 2 saturated carbocycles. The zero-order valence-corrected chi connectivity index (χ0v) is 12.5. The van der Waals surface area contributed by atoms with Crippen LogP contribution in [0.5, 0.6) is 0 Å². The summed E-state index contributed by atoms with van der Waals surface area (Å²) in [6.07, 6.45) is 6.32. The first-order valence-corrected chi connectivity index (χ1v) is 8.30. The standard InChI is InChI=1S/C15H22N2OS/c1-3-13-14(19-8-16-13)15(18)17-9(2)12-7-10-4-5-11(12)6-10/h8-12H,3-7H2,1-2H3,(H,17,18). The van der Waals surface area contributed by atoms with Gasteiger partial charge in [0.1, 0.15) is 4.88 Å².